The third kappa shape index (κ3) is 36.7. The molecular formula is H6ILiO3. The van der Waals surface area contributed by atoms with Crippen LogP contribution in [-0.4, -0.2) is 16.4 Å². The minimum atomic E-state index is 0. The summed E-state index contributed by atoms with van der Waals surface area (Å²) in [5, 5.41) is 0. The fraction of sp³-hybridized carbons (Fsp3) is 0. The van der Waals surface area contributed by atoms with Gasteiger partial charge >= 0.3 is 18.9 Å². The van der Waals surface area contributed by atoms with Gasteiger partial charge in [-0.05, 0) is 0 Å². The first-order valence-corrected chi connectivity index (χ1v) is 0. The van der Waals surface area contributed by atoms with Gasteiger partial charge in [-0.1, -0.05) is 0 Å². The Morgan fingerprint density at radius 3 is 0.600 bits per heavy atom. The van der Waals surface area contributed by atoms with Crippen LogP contribution in [0.3, 0.4) is 0 Å². The molecule has 6 N–H and O–H groups in total. The number of hydrogen-bond acceptors (Lipinski definition) is 0. The van der Waals surface area contributed by atoms with Crippen LogP contribution in [-0.2, 0) is 0 Å². The second-order valence-corrected chi connectivity index (χ2v) is 0. The minimum Gasteiger partial charge on any atom is -1.00 e. The van der Waals surface area contributed by atoms with Gasteiger partial charge in [-0.2, -0.15) is 0 Å². The van der Waals surface area contributed by atoms with E-state index in [0.29, 0.717) is 0 Å². The van der Waals surface area contributed by atoms with Crippen LogP contribution >= 0.6 is 0 Å². The van der Waals surface area contributed by atoms with Crippen molar-refractivity contribution in [3.05, 3.63) is 0 Å². The van der Waals surface area contributed by atoms with Gasteiger partial charge in [0.2, 0.25) is 0 Å². The second kappa shape index (κ2) is 63.2. The quantitative estimate of drug-likeness (QED) is 0.266. The Hall–Kier alpha value is 1.21. The third-order valence-corrected chi connectivity index (χ3v) is 0. The molecule has 0 atom stereocenters. The largest absolute Gasteiger partial charge is 1.00 e. The number of rotatable bonds is 0. The molecule has 0 aromatic rings. The van der Waals surface area contributed by atoms with Gasteiger partial charge < -0.3 is 40.4 Å². The maximum Gasteiger partial charge on any atom is 1.00 e. The van der Waals surface area contributed by atoms with E-state index < -0.39 is 0 Å². The Balaban J connectivity index is 0. The van der Waals surface area contributed by atoms with Crippen molar-refractivity contribution in [2.45, 2.75) is 0 Å². The van der Waals surface area contributed by atoms with Crippen LogP contribution in [0.1, 0.15) is 0 Å². The van der Waals surface area contributed by atoms with E-state index in [1.54, 1.807) is 0 Å². The molecule has 5 heavy (non-hydrogen) atoms. The normalized spacial score (nSPS) is 0. The van der Waals surface area contributed by atoms with Crippen molar-refractivity contribution in [1.29, 1.82) is 0 Å². The molecule has 3 nitrogen and oxygen atoms in total. The molecule has 0 aliphatic carbocycles. The first-order valence-electron chi connectivity index (χ1n) is 0. The molecule has 0 fully saturated rings. The van der Waals surface area contributed by atoms with E-state index in [1.807, 2.05) is 0 Å². The zero-order valence-corrected chi connectivity index (χ0v) is 5.04. The van der Waals surface area contributed by atoms with E-state index in [2.05, 4.69) is 0 Å². The molecule has 0 saturated carbocycles. The van der Waals surface area contributed by atoms with Crippen LogP contribution in [0.2, 0.25) is 0 Å². The summed E-state index contributed by atoms with van der Waals surface area (Å²) >= 11 is 0. The number of hydrogen-bond donors (Lipinski definition) is 0. The van der Waals surface area contributed by atoms with Crippen molar-refractivity contribution in [2.75, 3.05) is 0 Å². The summed E-state index contributed by atoms with van der Waals surface area (Å²) in [7, 11) is 0. The van der Waals surface area contributed by atoms with Crippen molar-refractivity contribution in [2.24, 2.45) is 0 Å². The van der Waals surface area contributed by atoms with Gasteiger partial charge in [-0.3, -0.25) is 0 Å². The first kappa shape index (κ1) is 115. The van der Waals surface area contributed by atoms with Gasteiger partial charge in [0.25, 0.3) is 0 Å². The standard InChI is InChI=1S/HI.Li.3H2O/h1H;;3*1H2/q;+1;;;/p-1. The molecule has 0 aromatic heterocycles. The van der Waals surface area contributed by atoms with E-state index in [1.165, 1.54) is 0 Å². The average Bonchev–Trinajstić information content (AvgIpc) is 0. The zero-order chi connectivity index (χ0) is 0. The van der Waals surface area contributed by atoms with Crippen LogP contribution in [0.5, 0.6) is 0 Å². The molecule has 32 valence electrons. The molecule has 5 heteroatoms. The summed E-state index contributed by atoms with van der Waals surface area (Å²) in [6, 6.07) is 0. The molecule has 0 aromatic carbocycles. The van der Waals surface area contributed by atoms with Gasteiger partial charge in [0.1, 0.15) is 0 Å². The van der Waals surface area contributed by atoms with Gasteiger partial charge in [0, 0.05) is 0 Å². The molecule has 0 saturated heterocycles. The number of halogens is 1. The summed E-state index contributed by atoms with van der Waals surface area (Å²) in [6.45, 7) is 0. The third-order valence-electron chi connectivity index (χ3n) is 0. The maximum atomic E-state index is 0. The van der Waals surface area contributed by atoms with Crippen LogP contribution in [0.25, 0.3) is 0 Å². The summed E-state index contributed by atoms with van der Waals surface area (Å²) in [6.07, 6.45) is 0. The van der Waals surface area contributed by atoms with Crippen LogP contribution in [0.4, 0.5) is 0 Å². The molecule has 0 spiro atoms. The summed E-state index contributed by atoms with van der Waals surface area (Å²) in [4.78, 5) is 0. The Bertz CT molecular complexity index is 6.85. The van der Waals surface area contributed by atoms with Crippen molar-refractivity contribution in [3.63, 3.8) is 0 Å². The van der Waals surface area contributed by atoms with Crippen molar-refractivity contribution in [1.82, 2.24) is 0 Å². The Morgan fingerprint density at radius 1 is 0.600 bits per heavy atom. The SMILES string of the molecule is O.O.O.[I-].[Li+]. The molecule has 0 aliphatic rings. The van der Waals surface area contributed by atoms with Crippen LogP contribution in [0.15, 0.2) is 0 Å². The summed E-state index contributed by atoms with van der Waals surface area (Å²) < 4.78 is 0. The summed E-state index contributed by atoms with van der Waals surface area (Å²) in [5.74, 6) is 0. The molecule has 0 bridgehead atoms. The van der Waals surface area contributed by atoms with Crippen molar-refractivity contribution < 1.29 is 59.3 Å². The molecule has 0 radical (unpaired) electrons. The fourth-order valence-corrected chi connectivity index (χ4v) is 0. The van der Waals surface area contributed by atoms with Crippen LogP contribution < -0.4 is 42.8 Å². The monoisotopic (exact) mass is 188 g/mol. The maximum absolute atomic E-state index is 0. The Labute approximate surface area is 59.3 Å². The van der Waals surface area contributed by atoms with E-state index in [-0.39, 0.29) is 59.3 Å². The van der Waals surface area contributed by atoms with E-state index >= 15 is 0 Å². The van der Waals surface area contributed by atoms with Crippen molar-refractivity contribution >= 4 is 0 Å². The van der Waals surface area contributed by atoms with E-state index in [4.69, 9.17) is 0 Å². The van der Waals surface area contributed by atoms with E-state index in [0.717, 1.165) is 0 Å². The average molecular weight is 188 g/mol. The van der Waals surface area contributed by atoms with Gasteiger partial charge in [0.05, 0.1) is 0 Å². The molecule has 0 aliphatic heterocycles. The molecule has 0 unspecified atom stereocenters. The molecular weight excluding hydrogens is 182 g/mol. The van der Waals surface area contributed by atoms with Gasteiger partial charge in [0.15, 0.2) is 0 Å². The molecule has 0 rings (SSSR count). The summed E-state index contributed by atoms with van der Waals surface area (Å²) in [5.41, 5.74) is 0. The van der Waals surface area contributed by atoms with Gasteiger partial charge in [-0.15, -0.1) is 0 Å². The molecule has 0 heterocycles. The first-order chi connectivity index (χ1) is 0. The predicted octanol–water partition coefficient (Wildman–Crippen LogP) is -8.47. The molecule has 0 amide bonds. The Kier molecular flexibility index (Phi) is 1460. The van der Waals surface area contributed by atoms with Crippen molar-refractivity contribution in [3.8, 4) is 0 Å². The van der Waals surface area contributed by atoms with Gasteiger partial charge in [-0.25, -0.2) is 0 Å². The van der Waals surface area contributed by atoms with E-state index in [9.17, 15) is 0 Å². The minimum absolute atomic E-state index is 0. The smallest absolute Gasteiger partial charge is 1.00 e. The van der Waals surface area contributed by atoms with Crippen LogP contribution in [0, 0.1) is 0 Å². The zero-order valence-electron chi connectivity index (χ0n) is 2.88. The predicted molar refractivity (Wildman–Crippen MR) is 10.8 cm³/mol. The topological polar surface area (TPSA) is 94.5 Å². The Morgan fingerprint density at radius 2 is 0.600 bits per heavy atom. The second-order valence-electron chi connectivity index (χ2n) is 0. The fourth-order valence-electron chi connectivity index (χ4n) is 0.